The average Bonchev–Trinajstić information content (AvgIpc) is 3.63. The van der Waals surface area contributed by atoms with Gasteiger partial charge in [-0.15, -0.1) is 0 Å². The molecule has 2 aliphatic rings. The summed E-state index contributed by atoms with van der Waals surface area (Å²) >= 11 is 0. The molecule has 0 amide bonds. The number of sulfone groups is 1. The lowest BCUT2D eigenvalue weighted by Crippen LogP contribution is -2.34. The van der Waals surface area contributed by atoms with Gasteiger partial charge in [0.1, 0.15) is 36.9 Å². The number of hydrogen-bond acceptors (Lipinski definition) is 8. The number of aliphatic hydroxyl groups is 2. The second-order valence-electron chi connectivity index (χ2n) is 11.0. The van der Waals surface area contributed by atoms with Gasteiger partial charge in [0.05, 0.1) is 9.79 Å². The third kappa shape index (κ3) is 6.64. The molecule has 0 bridgehead atoms. The zero-order valence-electron chi connectivity index (χ0n) is 23.9. The first-order valence-corrected chi connectivity index (χ1v) is 16.1. The van der Waals surface area contributed by atoms with E-state index in [-0.39, 0.29) is 23.0 Å². The lowest BCUT2D eigenvalue weighted by molar-refractivity contribution is 0.112. The zero-order chi connectivity index (χ0) is 29.8. The highest BCUT2D eigenvalue weighted by atomic mass is 32.2. The van der Waals surface area contributed by atoms with Gasteiger partial charge in [-0.3, -0.25) is 0 Å². The van der Waals surface area contributed by atoms with Crippen LogP contribution in [0.25, 0.3) is 0 Å². The average molecular weight is 601 g/mol. The van der Waals surface area contributed by atoms with Gasteiger partial charge >= 0.3 is 0 Å². The molecule has 0 saturated carbocycles. The number of β-amino-alcohol motifs (C(OH)–C–C–N with tert-alkyl or cyclic N) is 2. The van der Waals surface area contributed by atoms with Crippen LogP contribution < -0.4 is 19.3 Å². The molecule has 2 N–H and O–H groups in total. The Bertz CT molecular complexity index is 1530. The van der Waals surface area contributed by atoms with Crippen molar-refractivity contribution in [1.29, 1.82) is 0 Å². The van der Waals surface area contributed by atoms with Crippen molar-refractivity contribution in [2.24, 2.45) is 0 Å². The Labute approximate surface area is 252 Å². The summed E-state index contributed by atoms with van der Waals surface area (Å²) in [5.41, 5.74) is 4.87. The van der Waals surface area contributed by atoms with E-state index in [4.69, 9.17) is 9.47 Å². The molecule has 224 valence electrons. The van der Waals surface area contributed by atoms with Gasteiger partial charge in [-0.1, -0.05) is 36.4 Å². The van der Waals surface area contributed by atoms with Gasteiger partial charge in [0.2, 0.25) is 9.84 Å². The molecule has 2 aliphatic heterocycles. The molecule has 0 saturated heterocycles. The van der Waals surface area contributed by atoms with E-state index in [0.29, 0.717) is 24.6 Å². The zero-order valence-corrected chi connectivity index (χ0v) is 24.7. The lowest BCUT2D eigenvalue weighted by atomic mass is 10.2. The first-order chi connectivity index (χ1) is 20.9. The smallest absolute Gasteiger partial charge is 0.206 e. The second kappa shape index (κ2) is 12.7. The number of hydrogen-bond donors (Lipinski definition) is 2. The number of benzene rings is 4. The van der Waals surface area contributed by atoms with Gasteiger partial charge in [-0.2, -0.15) is 0 Å². The third-order valence-corrected chi connectivity index (χ3v) is 9.77. The van der Waals surface area contributed by atoms with E-state index >= 15 is 0 Å². The van der Waals surface area contributed by atoms with Crippen molar-refractivity contribution in [2.45, 2.75) is 34.8 Å². The Morgan fingerprint density at radius 1 is 0.605 bits per heavy atom. The lowest BCUT2D eigenvalue weighted by Gasteiger charge is -2.23. The van der Waals surface area contributed by atoms with Crippen LogP contribution in [0.4, 0.5) is 11.4 Å². The van der Waals surface area contributed by atoms with Crippen LogP contribution in [0, 0.1) is 0 Å². The summed E-state index contributed by atoms with van der Waals surface area (Å²) in [6.45, 7) is 2.88. The van der Waals surface area contributed by atoms with Crippen LogP contribution >= 0.6 is 0 Å². The molecule has 0 radical (unpaired) electrons. The van der Waals surface area contributed by atoms with Gasteiger partial charge in [-0.05, 0) is 84.6 Å². The fourth-order valence-electron chi connectivity index (χ4n) is 5.76. The summed E-state index contributed by atoms with van der Waals surface area (Å²) < 4.78 is 37.9. The summed E-state index contributed by atoms with van der Waals surface area (Å²) in [4.78, 5) is 4.60. The predicted molar refractivity (Wildman–Crippen MR) is 166 cm³/mol. The van der Waals surface area contributed by atoms with Gasteiger partial charge in [0, 0.05) is 37.6 Å². The molecule has 4 aromatic carbocycles. The van der Waals surface area contributed by atoms with E-state index in [1.54, 1.807) is 24.3 Å². The minimum Gasteiger partial charge on any atom is -0.491 e. The molecule has 43 heavy (non-hydrogen) atoms. The van der Waals surface area contributed by atoms with Gasteiger partial charge < -0.3 is 29.5 Å². The van der Waals surface area contributed by atoms with Crippen molar-refractivity contribution in [1.82, 2.24) is 0 Å². The summed E-state index contributed by atoms with van der Waals surface area (Å²) in [5.74, 6) is 0.971. The molecule has 0 unspecified atom stereocenters. The van der Waals surface area contributed by atoms with Crippen LogP contribution in [0.15, 0.2) is 107 Å². The Morgan fingerprint density at radius 2 is 1.00 bits per heavy atom. The Hall–Kier alpha value is -4.05. The largest absolute Gasteiger partial charge is 0.491 e. The van der Waals surface area contributed by atoms with E-state index in [0.717, 1.165) is 37.3 Å². The fourth-order valence-corrected chi connectivity index (χ4v) is 7.02. The number of para-hydroxylation sites is 2. The maximum atomic E-state index is 13.2. The number of nitrogens with zero attached hydrogens (tertiary/aromatic N) is 2. The van der Waals surface area contributed by atoms with Crippen molar-refractivity contribution < 1.29 is 28.1 Å². The summed E-state index contributed by atoms with van der Waals surface area (Å²) in [6, 6.07) is 28.8. The summed E-state index contributed by atoms with van der Waals surface area (Å²) in [5, 5.41) is 21.1. The third-order valence-electron chi connectivity index (χ3n) is 7.98. The minimum atomic E-state index is -3.75. The molecule has 0 aromatic heterocycles. The van der Waals surface area contributed by atoms with E-state index in [2.05, 4.69) is 34.1 Å². The van der Waals surface area contributed by atoms with E-state index < -0.39 is 22.0 Å². The van der Waals surface area contributed by atoms with Crippen LogP contribution in [0.1, 0.15) is 11.1 Å². The highest BCUT2D eigenvalue weighted by Gasteiger charge is 2.23. The monoisotopic (exact) mass is 600 g/mol. The van der Waals surface area contributed by atoms with E-state index in [1.807, 2.05) is 24.3 Å². The number of anilines is 2. The second-order valence-corrected chi connectivity index (χ2v) is 13.0. The van der Waals surface area contributed by atoms with Crippen molar-refractivity contribution in [3.05, 3.63) is 108 Å². The molecule has 0 spiro atoms. The minimum absolute atomic E-state index is 0.103. The van der Waals surface area contributed by atoms with Gasteiger partial charge in [0.25, 0.3) is 0 Å². The quantitative estimate of drug-likeness (QED) is 0.251. The van der Waals surface area contributed by atoms with Crippen LogP contribution in [0.3, 0.4) is 0 Å². The SMILES string of the molecule is O=S(=O)(c1ccc(OC[C@H](O)CN2CCc3ccccc32)cc1)c1ccc(OC[C@H](O)CN2CCc3ccccc32)cc1. The molecule has 8 nitrogen and oxygen atoms in total. The first kappa shape index (κ1) is 29.0. The molecule has 6 rings (SSSR count). The van der Waals surface area contributed by atoms with Crippen molar-refractivity contribution in [2.75, 3.05) is 49.2 Å². The Kier molecular flexibility index (Phi) is 8.56. The molecule has 4 aromatic rings. The van der Waals surface area contributed by atoms with Crippen molar-refractivity contribution in [3.63, 3.8) is 0 Å². The first-order valence-electron chi connectivity index (χ1n) is 14.6. The Morgan fingerprint density at radius 3 is 1.42 bits per heavy atom. The fraction of sp³-hybridized carbons (Fsp3) is 0.294. The standard InChI is InChI=1S/C34H36N2O6S/c37-27(21-35-19-17-25-5-1-3-7-33(25)35)23-41-29-9-13-31(14-10-29)43(39,40)32-15-11-30(12-16-32)42-24-28(38)22-36-20-18-26-6-2-4-8-34(26)36/h1-16,27-28,37-38H,17-24H2/t27-,28-/m1/s1. The highest BCUT2D eigenvalue weighted by Crippen LogP contribution is 2.29. The number of fused-ring (bicyclic) bond motifs is 2. The predicted octanol–water partition coefficient (Wildman–Crippen LogP) is 4.12. The van der Waals surface area contributed by atoms with Crippen molar-refractivity contribution in [3.8, 4) is 11.5 Å². The Balaban J connectivity index is 0.984. The van der Waals surface area contributed by atoms with E-state index in [9.17, 15) is 18.6 Å². The number of ether oxygens (including phenoxy) is 2. The molecule has 2 atom stereocenters. The number of aliphatic hydroxyl groups excluding tert-OH is 2. The molecule has 9 heteroatoms. The normalized spacial score (nSPS) is 15.6. The summed E-state index contributed by atoms with van der Waals surface area (Å²) in [7, 11) is -3.75. The number of rotatable bonds is 12. The maximum absolute atomic E-state index is 13.2. The van der Waals surface area contributed by atoms with E-state index in [1.165, 1.54) is 35.4 Å². The topological polar surface area (TPSA) is 99.5 Å². The molecular formula is C34H36N2O6S. The van der Waals surface area contributed by atoms with Crippen LogP contribution in [0.2, 0.25) is 0 Å². The molecular weight excluding hydrogens is 564 g/mol. The molecule has 2 heterocycles. The molecule has 0 aliphatic carbocycles. The van der Waals surface area contributed by atoms with Gasteiger partial charge in [0.15, 0.2) is 0 Å². The van der Waals surface area contributed by atoms with Crippen LogP contribution in [0.5, 0.6) is 11.5 Å². The van der Waals surface area contributed by atoms with Crippen LogP contribution in [-0.4, -0.2) is 70.2 Å². The van der Waals surface area contributed by atoms with Crippen molar-refractivity contribution >= 4 is 21.2 Å². The maximum Gasteiger partial charge on any atom is 0.206 e. The van der Waals surface area contributed by atoms with Gasteiger partial charge in [-0.25, -0.2) is 8.42 Å². The molecule has 0 fully saturated rings. The summed E-state index contributed by atoms with van der Waals surface area (Å²) in [6.07, 6.45) is 0.558. The van der Waals surface area contributed by atoms with Crippen LogP contribution in [-0.2, 0) is 22.7 Å². The highest BCUT2D eigenvalue weighted by molar-refractivity contribution is 7.91.